The second-order valence-corrected chi connectivity index (χ2v) is 7.78. The van der Waals surface area contributed by atoms with Crippen LogP contribution in [0.15, 0.2) is 0 Å². The van der Waals surface area contributed by atoms with Gasteiger partial charge in [-0.1, -0.05) is 6.92 Å². The molecule has 0 aromatic heterocycles. The highest BCUT2D eigenvalue weighted by atomic mass is 31.2. The van der Waals surface area contributed by atoms with Gasteiger partial charge < -0.3 is 19.9 Å². The summed E-state index contributed by atoms with van der Waals surface area (Å²) in [6.45, 7) is 11.8. The number of rotatable bonds is 8. The first kappa shape index (κ1) is 18.1. The summed E-state index contributed by atoms with van der Waals surface area (Å²) in [5.41, 5.74) is 4.64. The van der Waals surface area contributed by atoms with Crippen molar-refractivity contribution >= 4 is 7.60 Å². The third kappa shape index (κ3) is 7.49. The van der Waals surface area contributed by atoms with E-state index in [0.29, 0.717) is 19.6 Å². The molecule has 3 N–H and O–H groups in total. The van der Waals surface area contributed by atoms with E-state index in [2.05, 4.69) is 0 Å². The van der Waals surface area contributed by atoms with E-state index in [0.717, 1.165) is 0 Å². The molecular weight excluding hydrogens is 253 g/mol. The van der Waals surface area contributed by atoms with Gasteiger partial charge in [-0.25, -0.2) is 0 Å². The van der Waals surface area contributed by atoms with Crippen molar-refractivity contribution in [3.63, 3.8) is 0 Å². The Bertz CT molecular complexity index is 298. The standard InChI is InChI=1S/C12H28NO4P/c1-10(9-13)12(4,5)16-8-7-11(2,3)17-18(6,14)15/h10H,7-9,13H2,1-6H3,(H,14,15). The fraction of sp³-hybridized carbons (Fsp3) is 1.00. The third-order valence-electron chi connectivity index (χ3n) is 3.14. The first-order valence-corrected chi connectivity index (χ1v) is 8.27. The molecule has 0 rings (SSSR count). The van der Waals surface area contributed by atoms with E-state index in [9.17, 15) is 9.46 Å². The molecule has 0 aromatic carbocycles. The highest BCUT2D eigenvalue weighted by molar-refractivity contribution is 7.51. The van der Waals surface area contributed by atoms with Gasteiger partial charge >= 0.3 is 7.60 Å². The first-order valence-electron chi connectivity index (χ1n) is 6.25. The van der Waals surface area contributed by atoms with Crippen LogP contribution in [0.3, 0.4) is 0 Å². The van der Waals surface area contributed by atoms with Crippen molar-refractivity contribution in [1.29, 1.82) is 0 Å². The van der Waals surface area contributed by atoms with Gasteiger partial charge in [0, 0.05) is 6.66 Å². The van der Waals surface area contributed by atoms with Gasteiger partial charge in [-0.2, -0.15) is 0 Å². The lowest BCUT2D eigenvalue weighted by atomic mass is 9.92. The first-order chi connectivity index (χ1) is 7.90. The Morgan fingerprint density at radius 1 is 1.33 bits per heavy atom. The molecule has 0 spiro atoms. The van der Waals surface area contributed by atoms with Crippen LogP contribution in [0.4, 0.5) is 0 Å². The van der Waals surface area contributed by atoms with Gasteiger partial charge in [0.2, 0.25) is 0 Å². The second kappa shape index (κ2) is 6.49. The Morgan fingerprint density at radius 2 is 1.83 bits per heavy atom. The molecule has 18 heavy (non-hydrogen) atoms. The molecule has 0 aliphatic carbocycles. The fourth-order valence-electron chi connectivity index (χ4n) is 1.49. The van der Waals surface area contributed by atoms with E-state index in [1.165, 1.54) is 6.66 Å². The van der Waals surface area contributed by atoms with Crippen LogP contribution in [-0.2, 0) is 13.8 Å². The minimum atomic E-state index is -3.47. The van der Waals surface area contributed by atoms with Crippen molar-refractivity contribution in [3.05, 3.63) is 0 Å². The molecule has 5 nitrogen and oxygen atoms in total. The van der Waals surface area contributed by atoms with Crippen LogP contribution in [0.5, 0.6) is 0 Å². The molecule has 0 aromatic rings. The van der Waals surface area contributed by atoms with Crippen LogP contribution in [0, 0.1) is 5.92 Å². The molecule has 0 fully saturated rings. The fourth-order valence-corrected chi connectivity index (χ4v) is 2.50. The zero-order valence-electron chi connectivity index (χ0n) is 12.4. The predicted octanol–water partition coefficient (Wildman–Crippen LogP) is 2.38. The van der Waals surface area contributed by atoms with Gasteiger partial charge in [0.15, 0.2) is 0 Å². The molecule has 0 saturated heterocycles. The number of ether oxygens (including phenoxy) is 1. The Hall–Kier alpha value is 0.0700. The predicted molar refractivity (Wildman–Crippen MR) is 73.8 cm³/mol. The van der Waals surface area contributed by atoms with E-state index >= 15 is 0 Å². The summed E-state index contributed by atoms with van der Waals surface area (Å²) in [5, 5.41) is 0. The van der Waals surface area contributed by atoms with Gasteiger partial charge in [0.25, 0.3) is 0 Å². The average Bonchev–Trinajstić information content (AvgIpc) is 2.11. The highest BCUT2D eigenvalue weighted by Gasteiger charge is 2.29. The summed E-state index contributed by atoms with van der Waals surface area (Å²) < 4.78 is 22.2. The zero-order valence-corrected chi connectivity index (χ0v) is 13.3. The maximum Gasteiger partial charge on any atom is 0.325 e. The third-order valence-corrected chi connectivity index (χ3v) is 3.97. The summed E-state index contributed by atoms with van der Waals surface area (Å²) in [7, 11) is -3.47. The smallest absolute Gasteiger partial charge is 0.325 e. The zero-order chi connectivity index (χ0) is 14.6. The average molecular weight is 281 g/mol. The van der Waals surface area contributed by atoms with E-state index in [4.69, 9.17) is 15.0 Å². The van der Waals surface area contributed by atoms with Gasteiger partial charge in [0.1, 0.15) is 0 Å². The number of hydrogen-bond acceptors (Lipinski definition) is 4. The van der Waals surface area contributed by atoms with Crippen LogP contribution < -0.4 is 5.73 Å². The Morgan fingerprint density at radius 3 is 2.22 bits per heavy atom. The van der Waals surface area contributed by atoms with Crippen molar-refractivity contribution in [1.82, 2.24) is 0 Å². The lowest BCUT2D eigenvalue weighted by Crippen LogP contribution is -2.38. The van der Waals surface area contributed by atoms with Crippen LogP contribution >= 0.6 is 7.60 Å². The molecular formula is C12H28NO4P. The lowest BCUT2D eigenvalue weighted by Gasteiger charge is -2.33. The van der Waals surface area contributed by atoms with Crippen LogP contribution in [0.2, 0.25) is 0 Å². The summed E-state index contributed by atoms with van der Waals surface area (Å²) in [4.78, 5) is 9.21. The normalized spacial score (nSPS) is 18.4. The molecule has 6 heteroatoms. The Kier molecular flexibility index (Phi) is 6.51. The summed E-state index contributed by atoms with van der Waals surface area (Å²) in [6, 6.07) is 0. The highest BCUT2D eigenvalue weighted by Crippen LogP contribution is 2.42. The maximum absolute atomic E-state index is 11.2. The van der Waals surface area contributed by atoms with Crippen molar-refractivity contribution in [3.8, 4) is 0 Å². The van der Waals surface area contributed by atoms with E-state index in [-0.39, 0.29) is 11.5 Å². The summed E-state index contributed by atoms with van der Waals surface area (Å²) >= 11 is 0. The van der Waals surface area contributed by atoms with Crippen LogP contribution in [0.25, 0.3) is 0 Å². The van der Waals surface area contributed by atoms with Gasteiger partial charge in [0.05, 0.1) is 17.8 Å². The van der Waals surface area contributed by atoms with Gasteiger partial charge in [-0.3, -0.25) is 4.57 Å². The van der Waals surface area contributed by atoms with E-state index in [1.54, 1.807) is 13.8 Å². The van der Waals surface area contributed by atoms with Crippen molar-refractivity contribution in [2.24, 2.45) is 11.7 Å². The summed E-state index contributed by atoms with van der Waals surface area (Å²) in [6.07, 6.45) is 0.548. The molecule has 0 heterocycles. The molecule has 0 bridgehead atoms. The SMILES string of the molecule is CC(CN)C(C)(C)OCCC(C)(C)OP(C)(=O)O. The maximum atomic E-state index is 11.2. The molecule has 2 atom stereocenters. The van der Waals surface area contributed by atoms with Crippen molar-refractivity contribution < 1.29 is 18.7 Å². The lowest BCUT2D eigenvalue weighted by molar-refractivity contribution is -0.0693. The Labute approximate surface area is 111 Å². The van der Waals surface area contributed by atoms with Gasteiger partial charge in [-0.05, 0) is 46.6 Å². The largest absolute Gasteiger partial charge is 0.375 e. The molecule has 2 unspecified atom stereocenters. The van der Waals surface area contributed by atoms with Crippen LogP contribution in [0.1, 0.15) is 41.0 Å². The summed E-state index contributed by atoms with van der Waals surface area (Å²) in [5.74, 6) is 0.247. The number of hydrogen-bond donors (Lipinski definition) is 2. The number of nitrogens with two attached hydrogens (primary N) is 1. The molecule has 0 saturated carbocycles. The van der Waals surface area contributed by atoms with Crippen molar-refractivity contribution in [2.75, 3.05) is 19.8 Å². The molecule has 110 valence electrons. The minimum absolute atomic E-state index is 0.247. The monoisotopic (exact) mass is 281 g/mol. The molecule has 0 aliphatic heterocycles. The molecule has 0 amide bonds. The second-order valence-electron chi connectivity index (χ2n) is 5.99. The quantitative estimate of drug-likeness (QED) is 0.667. The topological polar surface area (TPSA) is 81.8 Å². The Balaban J connectivity index is 4.22. The van der Waals surface area contributed by atoms with E-state index < -0.39 is 13.2 Å². The molecule has 0 radical (unpaired) electrons. The van der Waals surface area contributed by atoms with Crippen molar-refractivity contribution in [2.45, 2.75) is 52.2 Å². The molecule has 0 aliphatic rings. The van der Waals surface area contributed by atoms with Crippen LogP contribution in [-0.4, -0.2) is 35.9 Å². The van der Waals surface area contributed by atoms with E-state index in [1.807, 2.05) is 20.8 Å². The van der Waals surface area contributed by atoms with Gasteiger partial charge in [-0.15, -0.1) is 0 Å². The minimum Gasteiger partial charge on any atom is -0.375 e.